The van der Waals surface area contributed by atoms with Crippen LogP contribution in [0.25, 0.3) is 0 Å². The van der Waals surface area contributed by atoms with E-state index in [4.69, 9.17) is 4.74 Å². The maximum absolute atomic E-state index is 10.5. The molecule has 3 heteroatoms. The van der Waals surface area contributed by atoms with Crippen molar-refractivity contribution >= 4 is 5.91 Å². The molecule has 0 aromatic heterocycles. The zero-order valence-corrected chi connectivity index (χ0v) is 4.20. The van der Waals surface area contributed by atoms with Crippen LogP contribution >= 0.6 is 0 Å². The Kier molecular flexibility index (Phi) is 0.516. The van der Waals surface area contributed by atoms with Crippen LogP contribution in [0.15, 0.2) is 12.5 Å². The fraction of sp³-hybridized carbons (Fsp3) is 0.400. The number of amides is 1. The molecule has 0 aromatic carbocycles. The van der Waals surface area contributed by atoms with Gasteiger partial charge in [0.15, 0.2) is 6.23 Å². The van der Waals surface area contributed by atoms with E-state index in [1.54, 1.807) is 17.4 Å². The van der Waals surface area contributed by atoms with E-state index >= 15 is 0 Å². The smallest absolute Gasteiger partial charge is 0.235 e. The Morgan fingerprint density at radius 1 is 1.88 bits per heavy atom. The van der Waals surface area contributed by atoms with Gasteiger partial charge in [-0.05, 0) is 0 Å². The molecule has 0 aromatic rings. The number of fused-ring (bicyclic) bond motifs is 1. The first kappa shape index (κ1) is 3.95. The zero-order chi connectivity index (χ0) is 5.56. The monoisotopic (exact) mass is 111 g/mol. The van der Waals surface area contributed by atoms with Gasteiger partial charge < -0.3 is 4.74 Å². The van der Waals surface area contributed by atoms with Crippen molar-refractivity contribution in [1.82, 2.24) is 4.90 Å². The Morgan fingerprint density at radius 2 is 2.75 bits per heavy atom. The Balaban J connectivity index is 2.21. The summed E-state index contributed by atoms with van der Waals surface area (Å²) in [7, 11) is 0. The zero-order valence-electron chi connectivity index (χ0n) is 4.20. The van der Waals surface area contributed by atoms with Crippen LogP contribution in [0.4, 0.5) is 0 Å². The fourth-order valence-electron chi connectivity index (χ4n) is 0.886. The Bertz CT molecular complexity index is 164. The highest BCUT2D eigenvalue weighted by molar-refractivity contribution is 5.84. The highest BCUT2D eigenvalue weighted by atomic mass is 16.5. The first-order chi connectivity index (χ1) is 3.88. The number of hydrogen-bond donors (Lipinski definition) is 0. The molecule has 0 spiro atoms. The van der Waals surface area contributed by atoms with E-state index in [0.29, 0.717) is 6.42 Å². The highest BCUT2D eigenvalue weighted by Crippen LogP contribution is 2.24. The lowest BCUT2D eigenvalue weighted by Crippen LogP contribution is -2.46. The van der Waals surface area contributed by atoms with Gasteiger partial charge in [0.05, 0.1) is 6.42 Å². The summed E-state index contributed by atoms with van der Waals surface area (Å²) in [5, 5.41) is 0. The van der Waals surface area contributed by atoms with Crippen LogP contribution in [0.2, 0.25) is 0 Å². The average molecular weight is 111 g/mol. The summed E-state index contributed by atoms with van der Waals surface area (Å²) in [6.07, 6.45) is 3.81. The SMILES string of the molecule is O=C1C[C@H]2OC=CN12. The van der Waals surface area contributed by atoms with Crippen molar-refractivity contribution in [3.05, 3.63) is 12.5 Å². The number of rotatable bonds is 0. The molecule has 0 radical (unpaired) electrons. The lowest BCUT2D eigenvalue weighted by atomic mass is 10.2. The van der Waals surface area contributed by atoms with Crippen LogP contribution in [0.3, 0.4) is 0 Å². The number of β-lactam (4-membered cyclic amide) rings is 1. The molecule has 1 amide bonds. The molecule has 1 saturated heterocycles. The largest absolute Gasteiger partial charge is 0.476 e. The third kappa shape index (κ3) is 0.278. The van der Waals surface area contributed by atoms with Gasteiger partial charge in [0.1, 0.15) is 6.26 Å². The summed E-state index contributed by atoms with van der Waals surface area (Å²) in [6, 6.07) is 0. The first-order valence-electron chi connectivity index (χ1n) is 2.51. The molecule has 0 N–H and O–H groups in total. The van der Waals surface area contributed by atoms with Gasteiger partial charge in [-0.2, -0.15) is 0 Å². The van der Waals surface area contributed by atoms with Crippen molar-refractivity contribution in [2.75, 3.05) is 0 Å². The predicted octanol–water partition coefficient (Wildman–Crippen LogP) is 0.0462. The summed E-state index contributed by atoms with van der Waals surface area (Å²) in [4.78, 5) is 12.1. The lowest BCUT2D eigenvalue weighted by molar-refractivity contribution is -0.152. The molecule has 2 heterocycles. The van der Waals surface area contributed by atoms with Crippen molar-refractivity contribution < 1.29 is 9.53 Å². The van der Waals surface area contributed by atoms with Gasteiger partial charge in [-0.1, -0.05) is 0 Å². The van der Waals surface area contributed by atoms with Gasteiger partial charge in [-0.25, -0.2) is 0 Å². The minimum absolute atomic E-state index is 0.0440. The minimum atomic E-state index is 0.0440. The van der Waals surface area contributed by atoms with Crippen LogP contribution in [0.5, 0.6) is 0 Å². The molecule has 8 heavy (non-hydrogen) atoms. The van der Waals surface area contributed by atoms with Crippen molar-refractivity contribution in [1.29, 1.82) is 0 Å². The number of carbonyl (C=O) groups excluding carboxylic acids is 1. The Labute approximate surface area is 46.5 Å². The lowest BCUT2D eigenvalue weighted by Gasteiger charge is -2.30. The van der Waals surface area contributed by atoms with E-state index in [1.807, 2.05) is 0 Å². The summed E-state index contributed by atoms with van der Waals surface area (Å²) in [6.45, 7) is 0. The highest BCUT2D eigenvalue weighted by Gasteiger charge is 2.38. The van der Waals surface area contributed by atoms with Gasteiger partial charge in [-0.15, -0.1) is 0 Å². The van der Waals surface area contributed by atoms with Crippen molar-refractivity contribution in [3.63, 3.8) is 0 Å². The first-order valence-corrected chi connectivity index (χ1v) is 2.51. The van der Waals surface area contributed by atoms with E-state index in [9.17, 15) is 4.79 Å². The maximum atomic E-state index is 10.5. The van der Waals surface area contributed by atoms with E-state index < -0.39 is 0 Å². The van der Waals surface area contributed by atoms with E-state index in [-0.39, 0.29) is 12.1 Å². The topological polar surface area (TPSA) is 29.5 Å². The Hall–Kier alpha value is -0.990. The molecule has 0 unspecified atom stereocenters. The summed E-state index contributed by atoms with van der Waals surface area (Å²) >= 11 is 0. The van der Waals surface area contributed by atoms with Crippen molar-refractivity contribution in [2.45, 2.75) is 12.6 Å². The molecule has 2 rings (SSSR count). The molecule has 1 fully saturated rings. The van der Waals surface area contributed by atoms with Crippen LogP contribution in [0, 0.1) is 0 Å². The molecule has 42 valence electrons. The Morgan fingerprint density at radius 3 is 3.25 bits per heavy atom. The molecule has 0 saturated carbocycles. The van der Waals surface area contributed by atoms with E-state index in [2.05, 4.69) is 0 Å². The van der Waals surface area contributed by atoms with Gasteiger partial charge in [-0.3, -0.25) is 9.69 Å². The number of ether oxygens (including phenoxy) is 1. The van der Waals surface area contributed by atoms with Gasteiger partial charge >= 0.3 is 0 Å². The second kappa shape index (κ2) is 1.05. The quantitative estimate of drug-likeness (QED) is 0.413. The van der Waals surface area contributed by atoms with Gasteiger partial charge in [0.2, 0.25) is 5.91 Å². The second-order valence-corrected chi connectivity index (χ2v) is 1.88. The number of nitrogens with zero attached hydrogens (tertiary/aromatic N) is 1. The summed E-state index contributed by atoms with van der Waals surface area (Å²) in [5.41, 5.74) is 0. The number of hydrogen-bond acceptors (Lipinski definition) is 2. The predicted molar refractivity (Wildman–Crippen MR) is 25.5 cm³/mol. The second-order valence-electron chi connectivity index (χ2n) is 1.88. The van der Waals surface area contributed by atoms with Crippen molar-refractivity contribution in [3.8, 4) is 0 Å². The third-order valence-corrected chi connectivity index (χ3v) is 1.40. The van der Waals surface area contributed by atoms with Crippen LogP contribution in [-0.2, 0) is 9.53 Å². The normalized spacial score (nSPS) is 31.8. The standard InChI is InChI=1S/C5H5NO2/c7-4-3-5-6(4)1-2-8-5/h1-2,5H,3H2/t5-/m1/s1. The minimum Gasteiger partial charge on any atom is -0.476 e. The number of carbonyl (C=O) groups is 1. The summed E-state index contributed by atoms with van der Waals surface area (Å²) in [5.74, 6) is 0.156. The molecular formula is C5H5NO2. The molecular weight excluding hydrogens is 106 g/mol. The van der Waals surface area contributed by atoms with Gasteiger partial charge in [0.25, 0.3) is 0 Å². The summed E-state index contributed by atoms with van der Waals surface area (Å²) < 4.78 is 4.95. The van der Waals surface area contributed by atoms with Crippen LogP contribution < -0.4 is 0 Å². The third-order valence-electron chi connectivity index (χ3n) is 1.40. The molecule has 1 atom stereocenters. The average Bonchev–Trinajstić information content (AvgIpc) is 2.09. The van der Waals surface area contributed by atoms with E-state index in [1.165, 1.54) is 0 Å². The molecule has 0 bridgehead atoms. The maximum Gasteiger partial charge on any atom is 0.235 e. The fourth-order valence-corrected chi connectivity index (χ4v) is 0.886. The van der Waals surface area contributed by atoms with Gasteiger partial charge in [0, 0.05) is 6.20 Å². The molecule has 2 aliphatic heterocycles. The van der Waals surface area contributed by atoms with Crippen LogP contribution in [0.1, 0.15) is 6.42 Å². The molecule has 3 nitrogen and oxygen atoms in total. The molecule has 0 aliphatic carbocycles. The van der Waals surface area contributed by atoms with Crippen LogP contribution in [-0.4, -0.2) is 17.0 Å². The van der Waals surface area contributed by atoms with Crippen molar-refractivity contribution in [2.24, 2.45) is 0 Å². The molecule has 2 aliphatic rings. The van der Waals surface area contributed by atoms with E-state index in [0.717, 1.165) is 0 Å².